The molecule has 1 aromatic heterocycles. The van der Waals surface area contributed by atoms with Crippen molar-refractivity contribution in [1.29, 1.82) is 0 Å². The molecule has 7 heteroatoms. The van der Waals surface area contributed by atoms with Crippen molar-refractivity contribution in [2.45, 2.75) is 19.4 Å². The number of amides is 3. The lowest BCUT2D eigenvalue weighted by molar-refractivity contribution is -0.130. The van der Waals surface area contributed by atoms with Crippen LogP contribution in [0.25, 0.3) is 10.9 Å². The number of rotatable bonds is 4. The van der Waals surface area contributed by atoms with Gasteiger partial charge in [-0.05, 0) is 37.6 Å². The summed E-state index contributed by atoms with van der Waals surface area (Å²) in [7, 11) is 0. The van der Waals surface area contributed by atoms with Crippen molar-refractivity contribution in [3.8, 4) is 0 Å². The molecule has 1 unspecified atom stereocenters. The Hall–Kier alpha value is -2.93. The van der Waals surface area contributed by atoms with E-state index in [0.717, 1.165) is 20.3 Å². The second kappa shape index (κ2) is 6.60. The average Bonchev–Trinajstić information content (AvgIpc) is 3.10. The minimum Gasteiger partial charge on any atom is -0.358 e. The fraction of sp³-hybridized carbons (Fsp3) is 0.190. The Labute approximate surface area is 170 Å². The van der Waals surface area contributed by atoms with Crippen LogP contribution in [0, 0.1) is 6.92 Å². The van der Waals surface area contributed by atoms with Crippen molar-refractivity contribution in [1.82, 2.24) is 15.2 Å². The summed E-state index contributed by atoms with van der Waals surface area (Å²) in [6.45, 7) is 3.15. The second-order valence-corrected chi connectivity index (χ2v) is 7.97. The summed E-state index contributed by atoms with van der Waals surface area (Å²) in [6.07, 6.45) is 0. The number of aromatic nitrogens is 1. The number of carbonyl (C=O) groups excluding carboxylic acids is 3. The summed E-state index contributed by atoms with van der Waals surface area (Å²) in [5.74, 6) is -0.724. The Kier molecular flexibility index (Phi) is 4.34. The number of nitrogens with one attached hydrogen (secondary N) is 2. The predicted octanol–water partition coefficient (Wildman–Crippen LogP) is 3.89. The lowest BCUT2D eigenvalue weighted by Gasteiger charge is -2.22. The molecule has 0 bridgehead atoms. The molecule has 1 fully saturated rings. The molecule has 0 spiro atoms. The van der Waals surface area contributed by atoms with E-state index in [-0.39, 0.29) is 12.3 Å². The van der Waals surface area contributed by atoms with Gasteiger partial charge in [-0.3, -0.25) is 14.5 Å². The first-order valence-corrected chi connectivity index (χ1v) is 9.61. The standard InChI is InChI=1S/C21H18BrN3O3/c1-12-18(15-8-3-4-9-16(15)23-12)17(26)11-25-19(27)21(2,24-20(25)28)13-6-5-7-14(22)10-13/h3-10,23H,11H2,1-2H3,(H,24,28). The number of Topliss-reactive ketones (excluding diaryl/α,β-unsaturated/α-hetero) is 1. The van der Waals surface area contributed by atoms with Crippen LogP contribution < -0.4 is 5.32 Å². The number of ketones is 1. The Balaban J connectivity index is 1.65. The highest BCUT2D eigenvalue weighted by Crippen LogP contribution is 2.31. The number of fused-ring (bicyclic) bond motifs is 1. The topological polar surface area (TPSA) is 82.3 Å². The first-order valence-electron chi connectivity index (χ1n) is 8.82. The van der Waals surface area contributed by atoms with Crippen LogP contribution in [0.5, 0.6) is 0 Å². The third-order valence-electron chi connectivity index (χ3n) is 5.15. The van der Waals surface area contributed by atoms with Gasteiger partial charge in [0.15, 0.2) is 5.78 Å². The third kappa shape index (κ3) is 2.82. The molecule has 3 amide bonds. The van der Waals surface area contributed by atoms with Gasteiger partial charge in [0.05, 0.1) is 6.54 Å². The van der Waals surface area contributed by atoms with E-state index < -0.39 is 17.5 Å². The zero-order valence-electron chi connectivity index (χ0n) is 15.4. The van der Waals surface area contributed by atoms with E-state index in [1.165, 1.54) is 0 Å². The number of imide groups is 1. The van der Waals surface area contributed by atoms with Gasteiger partial charge in [0.1, 0.15) is 5.54 Å². The van der Waals surface area contributed by atoms with Gasteiger partial charge in [-0.15, -0.1) is 0 Å². The van der Waals surface area contributed by atoms with Gasteiger partial charge in [0.25, 0.3) is 5.91 Å². The first-order chi connectivity index (χ1) is 13.3. The fourth-order valence-electron chi connectivity index (χ4n) is 3.69. The van der Waals surface area contributed by atoms with Crippen molar-refractivity contribution in [3.05, 3.63) is 69.8 Å². The van der Waals surface area contributed by atoms with Crippen LogP contribution in [0.4, 0.5) is 4.79 Å². The van der Waals surface area contributed by atoms with Crippen molar-refractivity contribution < 1.29 is 14.4 Å². The van der Waals surface area contributed by atoms with Gasteiger partial charge < -0.3 is 10.3 Å². The third-order valence-corrected chi connectivity index (χ3v) is 5.64. The van der Waals surface area contributed by atoms with Gasteiger partial charge in [0, 0.05) is 26.6 Å². The number of aromatic amines is 1. The molecule has 3 aromatic rings. The second-order valence-electron chi connectivity index (χ2n) is 7.05. The maximum Gasteiger partial charge on any atom is 0.325 e. The van der Waals surface area contributed by atoms with Crippen LogP contribution in [-0.2, 0) is 10.3 Å². The number of aryl methyl sites for hydroxylation is 1. The lowest BCUT2D eigenvalue weighted by Crippen LogP contribution is -2.41. The normalized spacial score (nSPS) is 19.3. The van der Waals surface area contributed by atoms with Crippen LogP contribution in [0.15, 0.2) is 53.0 Å². The fourth-order valence-corrected chi connectivity index (χ4v) is 4.09. The van der Waals surface area contributed by atoms with E-state index in [1.54, 1.807) is 25.1 Å². The molecule has 28 heavy (non-hydrogen) atoms. The summed E-state index contributed by atoms with van der Waals surface area (Å²) in [5, 5.41) is 3.52. The molecule has 0 aliphatic carbocycles. The number of urea groups is 1. The monoisotopic (exact) mass is 439 g/mol. The Morgan fingerprint density at radius 1 is 1.14 bits per heavy atom. The maximum absolute atomic E-state index is 13.1. The summed E-state index contributed by atoms with van der Waals surface area (Å²) in [4.78, 5) is 42.8. The molecule has 6 nitrogen and oxygen atoms in total. The Morgan fingerprint density at radius 2 is 1.89 bits per heavy atom. The SMILES string of the molecule is Cc1[nH]c2ccccc2c1C(=O)CN1C(=O)NC(C)(c2cccc(Br)c2)C1=O. The lowest BCUT2D eigenvalue weighted by atomic mass is 9.92. The molecule has 1 aliphatic heterocycles. The van der Waals surface area contributed by atoms with Gasteiger partial charge in [-0.1, -0.05) is 46.3 Å². The number of hydrogen-bond acceptors (Lipinski definition) is 3. The highest BCUT2D eigenvalue weighted by Gasteiger charge is 2.49. The molecule has 4 rings (SSSR count). The number of halogens is 1. The number of nitrogens with zero attached hydrogens (tertiary/aromatic N) is 1. The molecular weight excluding hydrogens is 422 g/mol. The number of H-pyrrole nitrogens is 1. The average molecular weight is 440 g/mol. The van der Waals surface area contributed by atoms with Crippen LogP contribution in [0.2, 0.25) is 0 Å². The number of para-hydroxylation sites is 1. The number of benzene rings is 2. The quantitative estimate of drug-likeness (QED) is 0.477. The number of hydrogen-bond donors (Lipinski definition) is 2. The molecular formula is C21H18BrN3O3. The summed E-state index contributed by atoms with van der Waals surface area (Å²) >= 11 is 3.39. The molecule has 2 heterocycles. The molecule has 1 atom stereocenters. The largest absolute Gasteiger partial charge is 0.358 e. The van der Waals surface area contributed by atoms with Crippen LogP contribution in [-0.4, -0.2) is 34.2 Å². The molecule has 1 saturated heterocycles. The van der Waals surface area contributed by atoms with Crippen LogP contribution in [0.1, 0.15) is 28.5 Å². The Morgan fingerprint density at radius 3 is 2.64 bits per heavy atom. The molecule has 2 N–H and O–H groups in total. The highest BCUT2D eigenvalue weighted by molar-refractivity contribution is 9.10. The zero-order valence-corrected chi connectivity index (χ0v) is 17.0. The van der Waals surface area contributed by atoms with E-state index >= 15 is 0 Å². The summed E-state index contributed by atoms with van der Waals surface area (Å²) in [6, 6.07) is 14.1. The molecule has 2 aromatic carbocycles. The van der Waals surface area contributed by atoms with Crippen LogP contribution in [0.3, 0.4) is 0 Å². The minimum atomic E-state index is -1.21. The van der Waals surface area contributed by atoms with Crippen LogP contribution >= 0.6 is 15.9 Å². The first kappa shape index (κ1) is 18.4. The van der Waals surface area contributed by atoms with Crippen molar-refractivity contribution in [2.24, 2.45) is 0 Å². The van der Waals surface area contributed by atoms with Gasteiger partial charge in [-0.25, -0.2) is 4.79 Å². The van der Waals surface area contributed by atoms with Crippen molar-refractivity contribution >= 4 is 44.6 Å². The highest BCUT2D eigenvalue weighted by atomic mass is 79.9. The molecule has 0 saturated carbocycles. The van der Waals surface area contributed by atoms with E-state index in [0.29, 0.717) is 16.8 Å². The summed E-state index contributed by atoms with van der Waals surface area (Å²) < 4.78 is 0.803. The van der Waals surface area contributed by atoms with Gasteiger partial charge in [-0.2, -0.15) is 0 Å². The van der Waals surface area contributed by atoms with Gasteiger partial charge in [0.2, 0.25) is 0 Å². The van der Waals surface area contributed by atoms with Crippen molar-refractivity contribution in [2.75, 3.05) is 6.54 Å². The van der Waals surface area contributed by atoms with Crippen molar-refractivity contribution in [3.63, 3.8) is 0 Å². The zero-order chi connectivity index (χ0) is 20.1. The van der Waals surface area contributed by atoms with E-state index in [1.807, 2.05) is 37.3 Å². The number of carbonyl (C=O) groups is 3. The molecule has 142 valence electrons. The predicted molar refractivity (Wildman–Crippen MR) is 109 cm³/mol. The minimum absolute atomic E-state index is 0.281. The smallest absolute Gasteiger partial charge is 0.325 e. The Bertz CT molecular complexity index is 1140. The van der Waals surface area contributed by atoms with E-state index in [4.69, 9.17) is 0 Å². The van der Waals surface area contributed by atoms with Gasteiger partial charge >= 0.3 is 6.03 Å². The van der Waals surface area contributed by atoms with E-state index in [9.17, 15) is 14.4 Å². The molecule has 1 aliphatic rings. The molecule has 0 radical (unpaired) electrons. The summed E-state index contributed by atoms with van der Waals surface area (Å²) in [5.41, 5.74) is 1.51. The maximum atomic E-state index is 13.1. The van der Waals surface area contributed by atoms with E-state index in [2.05, 4.69) is 26.2 Å².